The second-order valence-electron chi connectivity index (χ2n) is 12.2. The summed E-state index contributed by atoms with van der Waals surface area (Å²) < 4.78 is 57.4. The van der Waals surface area contributed by atoms with Crippen LogP contribution in [0.3, 0.4) is 0 Å². The number of aryl methyl sites for hydroxylation is 1. The summed E-state index contributed by atoms with van der Waals surface area (Å²) >= 11 is 7.29. The number of thiophene rings is 1. The molecule has 3 atom stereocenters. The maximum Gasteiger partial charge on any atom is 0.339 e. The van der Waals surface area contributed by atoms with Gasteiger partial charge in [0, 0.05) is 54.9 Å². The van der Waals surface area contributed by atoms with Gasteiger partial charge in [-0.3, -0.25) is 9.80 Å². The molecule has 0 bridgehead atoms. The molecule has 3 aliphatic heterocycles. The lowest BCUT2D eigenvalue weighted by atomic mass is 9.84. The number of halogens is 4. The Balaban J connectivity index is 1.14. The first-order chi connectivity index (χ1) is 22.3. The van der Waals surface area contributed by atoms with E-state index in [0.29, 0.717) is 72.3 Å². The molecular weight excluding hydrogens is 665 g/mol. The molecule has 0 saturated carbocycles. The number of carboxylic acid groups (broad SMARTS) is 1. The molecule has 3 N–H and O–H groups in total. The number of hydrogen-bond acceptors (Lipinski definition) is 10. The summed E-state index contributed by atoms with van der Waals surface area (Å²) in [5.41, 5.74) is 1.49. The van der Waals surface area contributed by atoms with Crippen LogP contribution in [0.2, 0.25) is 4.34 Å². The minimum atomic E-state index is -3.08. The van der Waals surface area contributed by atoms with Crippen LogP contribution in [0.5, 0.6) is 0 Å². The number of likely N-dealkylation sites (tertiary alicyclic amines) is 2. The van der Waals surface area contributed by atoms with Gasteiger partial charge in [-0.2, -0.15) is 13.9 Å². The Morgan fingerprint density at radius 3 is 2.64 bits per heavy atom. The second-order valence-corrected chi connectivity index (χ2v) is 13.9. The molecule has 3 unspecified atom stereocenters. The average molecular weight is 699 g/mol. The third-order valence-electron chi connectivity index (χ3n) is 9.12. The summed E-state index contributed by atoms with van der Waals surface area (Å²) in [6.07, 6.45) is -1.54. The number of para-hydroxylation sites is 1. The summed E-state index contributed by atoms with van der Waals surface area (Å²) in [5.74, 6) is -6.61. The minimum absolute atomic E-state index is 0.0435. The summed E-state index contributed by atoms with van der Waals surface area (Å²) in [6, 6.07) is 5.97. The lowest BCUT2D eigenvalue weighted by Crippen LogP contribution is -2.48. The highest BCUT2D eigenvalue weighted by molar-refractivity contribution is 7.16. The van der Waals surface area contributed by atoms with E-state index in [1.165, 1.54) is 16.8 Å². The fourth-order valence-corrected chi connectivity index (χ4v) is 8.01. The summed E-state index contributed by atoms with van der Waals surface area (Å²) in [7, 11) is 0. The lowest BCUT2D eigenvalue weighted by molar-refractivity contribution is -0.182. The van der Waals surface area contributed by atoms with Gasteiger partial charge >= 0.3 is 11.9 Å². The van der Waals surface area contributed by atoms with Crippen LogP contribution in [0.1, 0.15) is 52.9 Å². The molecule has 5 heterocycles. The fourth-order valence-electron chi connectivity index (χ4n) is 6.53. The van der Waals surface area contributed by atoms with E-state index in [2.05, 4.69) is 10.00 Å². The number of hydrogen-bond donors (Lipinski definition) is 3. The number of ether oxygens (including phenoxy) is 2. The van der Waals surface area contributed by atoms with Crippen LogP contribution in [0.15, 0.2) is 30.5 Å². The standard InChI is InChI=1S/C31H34ClF3N4O7S/c1-17-19(13-37-10-7-30(8-11-37)27-20(12-22(32)47-27)31(34,35)16-45-30)15-39(36-17)24-18(4-2-5-21(24)33)14-38-9-3-6-23(38)46-29(44)26(41)25(40)28(42)43/h2,4-5,12,15,23,25-26,40-41H,3,6-11,13-14,16H2,1H3,(H,42,43). The first-order valence-corrected chi connectivity index (χ1v) is 16.4. The van der Waals surface area contributed by atoms with Gasteiger partial charge in [0.25, 0.3) is 5.92 Å². The van der Waals surface area contributed by atoms with Crippen molar-refractivity contribution in [3.8, 4) is 5.69 Å². The van der Waals surface area contributed by atoms with E-state index in [1.54, 1.807) is 23.2 Å². The van der Waals surface area contributed by atoms with Gasteiger partial charge in [0.15, 0.2) is 18.4 Å². The molecule has 11 nitrogen and oxygen atoms in total. The number of carboxylic acids is 1. The number of benzene rings is 1. The van der Waals surface area contributed by atoms with Crippen molar-refractivity contribution in [3.05, 3.63) is 67.9 Å². The van der Waals surface area contributed by atoms with Crippen molar-refractivity contribution in [1.82, 2.24) is 19.6 Å². The van der Waals surface area contributed by atoms with Crippen molar-refractivity contribution >= 4 is 34.9 Å². The monoisotopic (exact) mass is 698 g/mol. The third-order valence-corrected chi connectivity index (χ3v) is 10.6. The van der Waals surface area contributed by atoms with Crippen LogP contribution in [-0.2, 0) is 43.7 Å². The molecule has 0 radical (unpaired) electrons. The molecule has 3 aromatic rings. The Labute approximate surface area is 277 Å². The van der Waals surface area contributed by atoms with Crippen molar-refractivity contribution in [2.24, 2.45) is 0 Å². The Kier molecular flexibility index (Phi) is 9.43. The van der Waals surface area contributed by atoms with Crippen molar-refractivity contribution in [1.29, 1.82) is 0 Å². The van der Waals surface area contributed by atoms with Gasteiger partial charge in [0.1, 0.15) is 23.7 Å². The quantitative estimate of drug-likeness (QED) is 0.282. The van der Waals surface area contributed by atoms with E-state index in [0.717, 1.165) is 16.9 Å². The zero-order chi connectivity index (χ0) is 33.7. The maximum atomic E-state index is 15.4. The van der Waals surface area contributed by atoms with Gasteiger partial charge in [0.05, 0.1) is 10.0 Å². The first kappa shape index (κ1) is 33.8. The van der Waals surface area contributed by atoms with Crippen LogP contribution in [0.4, 0.5) is 13.2 Å². The SMILES string of the molecule is Cc1nn(-c2c(F)cccc2CN2CCCC2OC(=O)C(O)C(O)C(=O)O)cc1CN1CCC2(CC1)OCC(F)(F)c1cc(Cl)sc12. The number of nitrogens with zero attached hydrogens (tertiary/aromatic N) is 4. The number of alkyl halides is 2. The predicted octanol–water partition coefficient (Wildman–Crippen LogP) is 3.92. The fraction of sp³-hybridized carbons (Fsp3) is 0.516. The smallest absolute Gasteiger partial charge is 0.339 e. The molecule has 2 fully saturated rings. The van der Waals surface area contributed by atoms with E-state index in [9.17, 15) is 28.6 Å². The van der Waals surface area contributed by atoms with Crippen LogP contribution in [0, 0.1) is 12.7 Å². The van der Waals surface area contributed by atoms with E-state index in [4.69, 9.17) is 26.2 Å². The Hall–Kier alpha value is -3.05. The predicted molar refractivity (Wildman–Crippen MR) is 163 cm³/mol. The van der Waals surface area contributed by atoms with Gasteiger partial charge in [-0.05, 0) is 50.3 Å². The number of aliphatic hydroxyl groups excluding tert-OH is 2. The van der Waals surface area contributed by atoms with Gasteiger partial charge in [-0.1, -0.05) is 23.7 Å². The number of piperidine rings is 1. The normalized spacial score (nSPS) is 22.2. The lowest BCUT2D eigenvalue weighted by Gasteiger charge is -2.45. The molecule has 0 aliphatic carbocycles. The van der Waals surface area contributed by atoms with E-state index in [1.807, 2.05) is 6.92 Å². The van der Waals surface area contributed by atoms with Crippen molar-refractivity contribution in [2.45, 2.75) is 75.7 Å². The highest BCUT2D eigenvalue weighted by Crippen LogP contribution is 2.52. The Morgan fingerprint density at radius 2 is 1.91 bits per heavy atom. The topological polar surface area (TPSA) is 138 Å². The zero-order valence-corrected chi connectivity index (χ0v) is 26.9. The molecule has 3 aliphatic rings. The molecule has 1 aromatic carbocycles. The van der Waals surface area contributed by atoms with E-state index < -0.39 is 54.3 Å². The van der Waals surface area contributed by atoms with Crippen molar-refractivity contribution in [3.63, 3.8) is 0 Å². The minimum Gasteiger partial charge on any atom is -0.479 e. The molecule has 6 rings (SSSR count). The number of aliphatic hydroxyl groups is 2. The van der Waals surface area contributed by atoms with Crippen LogP contribution >= 0.6 is 22.9 Å². The first-order valence-electron chi connectivity index (χ1n) is 15.2. The molecule has 2 saturated heterocycles. The zero-order valence-electron chi connectivity index (χ0n) is 25.4. The summed E-state index contributed by atoms with van der Waals surface area (Å²) in [4.78, 5) is 27.7. The number of carbonyl (C=O) groups is 2. The van der Waals surface area contributed by atoms with Crippen LogP contribution in [-0.4, -0.2) is 91.5 Å². The second kappa shape index (κ2) is 13.1. The highest BCUT2D eigenvalue weighted by atomic mass is 35.5. The molecule has 47 heavy (non-hydrogen) atoms. The van der Waals surface area contributed by atoms with Gasteiger partial charge in [0.2, 0.25) is 0 Å². The molecular formula is C31H34ClF3N4O7S. The Morgan fingerprint density at radius 1 is 1.17 bits per heavy atom. The van der Waals surface area contributed by atoms with Crippen molar-refractivity contribution in [2.75, 3.05) is 26.2 Å². The maximum absolute atomic E-state index is 15.4. The summed E-state index contributed by atoms with van der Waals surface area (Å²) in [6.45, 7) is 3.49. The van der Waals surface area contributed by atoms with Gasteiger partial charge in [-0.15, -0.1) is 11.3 Å². The number of aromatic nitrogens is 2. The third kappa shape index (κ3) is 6.67. The number of carbonyl (C=O) groups excluding carboxylic acids is 1. The van der Waals surface area contributed by atoms with Gasteiger partial charge < -0.3 is 24.8 Å². The number of fused-ring (bicyclic) bond motifs is 2. The molecule has 0 amide bonds. The van der Waals surface area contributed by atoms with Crippen LogP contribution in [0.25, 0.3) is 5.69 Å². The van der Waals surface area contributed by atoms with Crippen LogP contribution < -0.4 is 0 Å². The van der Waals surface area contributed by atoms with Crippen molar-refractivity contribution < 1.29 is 47.6 Å². The molecule has 254 valence electrons. The number of aliphatic carboxylic acids is 1. The molecule has 1 spiro atoms. The van der Waals surface area contributed by atoms with Gasteiger partial charge in [-0.25, -0.2) is 18.7 Å². The summed E-state index contributed by atoms with van der Waals surface area (Å²) in [5, 5.41) is 32.9. The van der Waals surface area contributed by atoms with E-state index in [-0.39, 0.29) is 17.8 Å². The number of rotatable bonds is 9. The average Bonchev–Trinajstić information content (AvgIpc) is 3.75. The largest absolute Gasteiger partial charge is 0.479 e. The molecule has 16 heteroatoms. The Bertz CT molecular complexity index is 1660. The highest BCUT2D eigenvalue weighted by Gasteiger charge is 2.51. The number of esters is 1. The van der Waals surface area contributed by atoms with E-state index >= 15 is 4.39 Å². The molecule has 2 aromatic heterocycles.